The Bertz CT molecular complexity index is 447. The molecule has 2 atom stereocenters. The number of nitriles is 1. The molecule has 5 nitrogen and oxygen atoms in total. The van der Waals surface area contributed by atoms with Crippen molar-refractivity contribution < 1.29 is 9.53 Å². The molecule has 0 radical (unpaired) electrons. The summed E-state index contributed by atoms with van der Waals surface area (Å²) in [6.45, 7) is 7.31. The first kappa shape index (κ1) is 15.8. The topological polar surface area (TPSA) is 56.6 Å². The summed E-state index contributed by atoms with van der Waals surface area (Å²) in [5, 5.41) is 9.63. The molecule has 2 saturated heterocycles. The molecule has 0 aromatic rings. The molecule has 3 rings (SSSR count). The predicted molar refractivity (Wildman–Crippen MR) is 83.1 cm³/mol. The smallest absolute Gasteiger partial charge is 0.243 e. The average molecular weight is 305 g/mol. The first-order valence-electron chi connectivity index (χ1n) is 8.69. The van der Waals surface area contributed by atoms with E-state index in [0.29, 0.717) is 12.0 Å². The minimum atomic E-state index is -0.738. The summed E-state index contributed by atoms with van der Waals surface area (Å²) >= 11 is 0. The van der Waals surface area contributed by atoms with Gasteiger partial charge in [-0.1, -0.05) is 26.2 Å². The Labute approximate surface area is 133 Å². The van der Waals surface area contributed by atoms with Gasteiger partial charge in [-0.3, -0.25) is 9.69 Å². The Morgan fingerprint density at radius 1 is 1.18 bits per heavy atom. The van der Waals surface area contributed by atoms with E-state index in [0.717, 1.165) is 71.5 Å². The van der Waals surface area contributed by atoms with Crippen LogP contribution in [0.5, 0.6) is 0 Å². The third-order valence-electron chi connectivity index (χ3n) is 5.71. The van der Waals surface area contributed by atoms with Crippen molar-refractivity contribution in [2.75, 3.05) is 39.4 Å². The number of nitrogens with zero attached hydrogens (tertiary/aromatic N) is 3. The van der Waals surface area contributed by atoms with Crippen LogP contribution in [0.15, 0.2) is 0 Å². The lowest BCUT2D eigenvalue weighted by molar-refractivity contribution is -0.139. The normalized spacial score (nSPS) is 32.6. The third-order valence-corrected chi connectivity index (χ3v) is 5.71. The molecule has 0 unspecified atom stereocenters. The molecular weight excluding hydrogens is 278 g/mol. The molecule has 2 aliphatic heterocycles. The van der Waals surface area contributed by atoms with E-state index in [-0.39, 0.29) is 5.91 Å². The van der Waals surface area contributed by atoms with Crippen LogP contribution in [0.1, 0.15) is 39.0 Å². The summed E-state index contributed by atoms with van der Waals surface area (Å²) in [5.41, 5.74) is -0.738. The molecule has 1 saturated carbocycles. The van der Waals surface area contributed by atoms with Gasteiger partial charge in [0.1, 0.15) is 5.41 Å². The minimum Gasteiger partial charge on any atom is -0.379 e. The van der Waals surface area contributed by atoms with Crippen molar-refractivity contribution in [2.45, 2.75) is 45.1 Å². The fourth-order valence-corrected chi connectivity index (χ4v) is 4.33. The van der Waals surface area contributed by atoms with Gasteiger partial charge in [-0.05, 0) is 18.8 Å². The zero-order valence-electron chi connectivity index (χ0n) is 13.6. The van der Waals surface area contributed by atoms with Crippen molar-refractivity contribution >= 4 is 5.91 Å². The number of ether oxygens (including phenoxy) is 1. The molecule has 2 heterocycles. The number of hydrogen-bond donors (Lipinski definition) is 0. The fraction of sp³-hybridized carbons (Fsp3) is 0.882. The number of carbonyl (C=O) groups is 1. The highest BCUT2D eigenvalue weighted by atomic mass is 16.5. The Morgan fingerprint density at radius 2 is 1.86 bits per heavy atom. The number of amides is 1. The van der Waals surface area contributed by atoms with Crippen molar-refractivity contribution in [3.8, 4) is 6.07 Å². The molecule has 5 heteroatoms. The van der Waals surface area contributed by atoms with Crippen LogP contribution in [0.3, 0.4) is 0 Å². The van der Waals surface area contributed by atoms with E-state index >= 15 is 0 Å². The summed E-state index contributed by atoms with van der Waals surface area (Å²) in [4.78, 5) is 17.4. The molecule has 0 N–H and O–H groups in total. The molecule has 1 amide bonds. The Kier molecular flexibility index (Phi) is 4.70. The molecule has 0 spiro atoms. The predicted octanol–water partition coefficient (Wildman–Crippen LogP) is 1.64. The van der Waals surface area contributed by atoms with Crippen LogP contribution in [0.25, 0.3) is 0 Å². The van der Waals surface area contributed by atoms with Gasteiger partial charge in [0.15, 0.2) is 0 Å². The average Bonchev–Trinajstić information content (AvgIpc) is 2.97. The first-order chi connectivity index (χ1) is 10.7. The second kappa shape index (κ2) is 6.55. The van der Waals surface area contributed by atoms with Crippen LogP contribution in [0, 0.1) is 22.7 Å². The number of hydrogen-bond acceptors (Lipinski definition) is 4. The van der Waals surface area contributed by atoms with Crippen LogP contribution in [0.4, 0.5) is 0 Å². The molecule has 22 heavy (non-hydrogen) atoms. The number of morpholine rings is 1. The lowest BCUT2D eigenvalue weighted by Gasteiger charge is -2.35. The maximum absolute atomic E-state index is 13.0. The van der Waals surface area contributed by atoms with Crippen molar-refractivity contribution in [1.29, 1.82) is 5.26 Å². The van der Waals surface area contributed by atoms with Gasteiger partial charge < -0.3 is 9.64 Å². The van der Waals surface area contributed by atoms with Crippen LogP contribution >= 0.6 is 0 Å². The molecule has 1 aliphatic carbocycles. The molecule has 0 bridgehead atoms. The Hall–Kier alpha value is -1.12. The second-order valence-corrected chi connectivity index (χ2v) is 7.16. The van der Waals surface area contributed by atoms with E-state index < -0.39 is 5.41 Å². The Balaban J connectivity index is 1.67. The zero-order valence-corrected chi connectivity index (χ0v) is 13.6. The minimum absolute atomic E-state index is 0.0947. The van der Waals surface area contributed by atoms with Gasteiger partial charge in [-0.15, -0.1) is 0 Å². The van der Waals surface area contributed by atoms with Crippen molar-refractivity contribution in [1.82, 2.24) is 9.80 Å². The van der Waals surface area contributed by atoms with E-state index in [2.05, 4.69) is 17.9 Å². The SMILES string of the molecule is C[C@H]1CN(C(=O)C2(C#N)CCCCC2)C[C@H]1N1CCOCC1. The van der Waals surface area contributed by atoms with Crippen LogP contribution in [-0.2, 0) is 9.53 Å². The van der Waals surface area contributed by atoms with Gasteiger partial charge in [-0.25, -0.2) is 0 Å². The molecule has 0 aromatic carbocycles. The molecule has 3 fully saturated rings. The van der Waals surface area contributed by atoms with Gasteiger partial charge >= 0.3 is 0 Å². The third kappa shape index (κ3) is 2.87. The van der Waals surface area contributed by atoms with Gasteiger partial charge in [0.2, 0.25) is 5.91 Å². The lowest BCUT2D eigenvalue weighted by Crippen LogP contribution is -2.48. The summed E-state index contributed by atoms with van der Waals surface area (Å²) in [5.74, 6) is 0.568. The molecule has 3 aliphatic rings. The van der Waals surface area contributed by atoms with Crippen LogP contribution < -0.4 is 0 Å². The van der Waals surface area contributed by atoms with Gasteiger partial charge in [0.25, 0.3) is 0 Å². The monoisotopic (exact) mass is 305 g/mol. The molecule has 0 aromatic heterocycles. The highest BCUT2D eigenvalue weighted by Gasteiger charge is 2.46. The summed E-state index contributed by atoms with van der Waals surface area (Å²) < 4.78 is 5.43. The van der Waals surface area contributed by atoms with E-state index in [4.69, 9.17) is 4.74 Å². The Morgan fingerprint density at radius 3 is 2.50 bits per heavy atom. The first-order valence-corrected chi connectivity index (χ1v) is 8.69. The standard InChI is InChI=1S/C17H27N3O2/c1-14-11-20(12-15(14)19-7-9-22-10-8-19)16(21)17(13-18)5-3-2-4-6-17/h14-15H,2-12H2,1H3/t14-,15+/m0/s1. The van der Waals surface area contributed by atoms with E-state index in [1.54, 1.807) is 0 Å². The number of carbonyl (C=O) groups excluding carboxylic acids is 1. The number of likely N-dealkylation sites (tertiary alicyclic amines) is 1. The molecular formula is C17H27N3O2. The molecule has 122 valence electrons. The van der Waals surface area contributed by atoms with E-state index in [9.17, 15) is 10.1 Å². The highest BCUT2D eigenvalue weighted by molar-refractivity contribution is 5.86. The van der Waals surface area contributed by atoms with E-state index in [1.807, 2.05) is 4.90 Å². The van der Waals surface area contributed by atoms with Crippen LogP contribution in [0.2, 0.25) is 0 Å². The largest absolute Gasteiger partial charge is 0.379 e. The van der Waals surface area contributed by atoms with Crippen molar-refractivity contribution in [2.24, 2.45) is 11.3 Å². The quantitative estimate of drug-likeness (QED) is 0.778. The van der Waals surface area contributed by atoms with Gasteiger partial charge in [-0.2, -0.15) is 5.26 Å². The number of rotatable bonds is 2. The zero-order chi connectivity index (χ0) is 15.6. The maximum Gasteiger partial charge on any atom is 0.243 e. The lowest BCUT2D eigenvalue weighted by atomic mass is 9.74. The van der Waals surface area contributed by atoms with Crippen molar-refractivity contribution in [3.05, 3.63) is 0 Å². The fourth-order valence-electron chi connectivity index (χ4n) is 4.33. The van der Waals surface area contributed by atoms with Crippen molar-refractivity contribution in [3.63, 3.8) is 0 Å². The van der Waals surface area contributed by atoms with Crippen LogP contribution in [-0.4, -0.2) is 61.1 Å². The summed E-state index contributed by atoms with van der Waals surface area (Å²) in [7, 11) is 0. The summed E-state index contributed by atoms with van der Waals surface area (Å²) in [6.07, 6.45) is 4.67. The van der Waals surface area contributed by atoms with Gasteiger partial charge in [0.05, 0.1) is 19.3 Å². The van der Waals surface area contributed by atoms with E-state index in [1.165, 1.54) is 0 Å². The van der Waals surface area contributed by atoms with Gasteiger partial charge in [0, 0.05) is 32.2 Å². The summed E-state index contributed by atoms with van der Waals surface area (Å²) in [6, 6.07) is 2.80. The second-order valence-electron chi connectivity index (χ2n) is 7.16. The highest BCUT2D eigenvalue weighted by Crippen LogP contribution is 2.39. The maximum atomic E-state index is 13.0.